The summed E-state index contributed by atoms with van der Waals surface area (Å²) in [6.45, 7) is 4.22. The standard InChI is InChI=1S/C4H4O4.2C4H9.2Sn/c5-3(6)1-2-4(7)8;2*1-3-4-2;;/h1-2H,(H,5,6)(H,7,8);2*1,3-4H2,2H3;;/q;;;2*+1/p-2/b2-1-;;;;. The van der Waals surface area contributed by atoms with Crippen molar-refractivity contribution in [2.45, 2.75) is 48.4 Å². The molecule has 4 nitrogen and oxygen atoms in total. The van der Waals surface area contributed by atoms with Crippen LogP contribution in [0.4, 0.5) is 0 Å². The first kappa shape index (κ1) is 18.3. The fourth-order valence-corrected chi connectivity index (χ4v) is 5.57. The van der Waals surface area contributed by atoms with Crippen LogP contribution in [0.2, 0.25) is 8.87 Å². The molecule has 0 atom stereocenters. The molecule has 0 bridgehead atoms. The van der Waals surface area contributed by atoms with Gasteiger partial charge in [0.1, 0.15) is 0 Å². The van der Waals surface area contributed by atoms with Crippen molar-refractivity contribution in [1.29, 1.82) is 0 Å². The van der Waals surface area contributed by atoms with E-state index in [1.54, 1.807) is 0 Å². The summed E-state index contributed by atoms with van der Waals surface area (Å²) in [5.74, 6) is -0.790. The Morgan fingerprint density at radius 1 is 0.889 bits per heavy atom. The Kier molecular flexibility index (Phi) is 13.9. The van der Waals surface area contributed by atoms with Crippen LogP contribution in [0.5, 0.6) is 0 Å². The summed E-state index contributed by atoms with van der Waals surface area (Å²) in [5, 5.41) is 0. The van der Waals surface area contributed by atoms with Crippen molar-refractivity contribution in [3.05, 3.63) is 12.2 Å². The number of carbonyl (C=O) groups excluding carboxylic acids is 2. The average Bonchev–Trinajstić information content (AvgIpc) is 2.37. The van der Waals surface area contributed by atoms with Crippen molar-refractivity contribution in [3.63, 3.8) is 0 Å². The summed E-state index contributed by atoms with van der Waals surface area (Å²) in [7, 11) is 0. The zero-order valence-electron chi connectivity index (χ0n) is 11.0. The van der Waals surface area contributed by atoms with Crippen LogP contribution >= 0.6 is 0 Å². The van der Waals surface area contributed by atoms with Gasteiger partial charge in [0.25, 0.3) is 0 Å². The van der Waals surface area contributed by atoms with Gasteiger partial charge in [-0.1, -0.05) is 0 Å². The predicted molar refractivity (Wildman–Crippen MR) is 72.3 cm³/mol. The monoisotopic (exact) mass is 468 g/mol. The molecule has 0 aliphatic carbocycles. The van der Waals surface area contributed by atoms with Gasteiger partial charge < -0.3 is 0 Å². The molecular formula is C12H20O4Sn2. The molecule has 0 spiro atoms. The molecule has 0 rings (SSSR count). The Hall–Kier alpha value is 0.277. The topological polar surface area (TPSA) is 52.6 Å². The molecule has 18 heavy (non-hydrogen) atoms. The summed E-state index contributed by atoms with van der Waals surface area (Å²) in [6.07, 6.45) is 6.88. The van der Waals surface area contributed by atoms with Gasteiger partial charge in [0.2, 0.25) is 0 Å². The van der Waals surface area contributed by atoms with E-state index >= 15 is 0 Å². The van der Waals surface area contributed by atoms with Crippen LogP contribution in [0.1, 0.15) is 39.5 Å². The SMILES string of the molecule is CCC[CH2][Sn][O]C(=O)/C=C\C(=O)[O][Sn][CH2]CCC. The molecule has 0 unspecified atom stereocenters. The zero-order chi connectivity index (χ0) is 13.6. The average molecular weight is 466 g/mol. The van der Waals surface area contributed by atoms with Crippen molar-refractivity contribution in [2.24, 2.45) is 0 Å². The van der Waals surface area contributed by atoms with Gasteiger partial charge in [-0.05, 0) is 0 Å². The second-order valence-electron chi connectivity index (χ2n) is 3.67. The van der Waals surface area contributed by atoms with Crippen LogP contribution in [-0.2, 0) is 15.7 Å². The van der Waals surface area contributed by atoms with Gasteiger partial charge in [-0.2, -0.15) is 0 Å². The second-order valence-corrected chi connectivity index (χ2v) is 9.34. The zero-order valence-corrected chi connectivity index (χ0v) is 16.7. The quantitative estimate of drug-likeness (QED) is 0.282. The Balaban J connectivity index is 3.58. The minimum absolute atomic E-state index is 0.395. The molecule has 100 valence electrons. The molecule has 0 aliphatic heterocycles. The third-order valence-corrected chi connectivity index (χ3v) is 7.12. The molecule has 0 aromatic rings. The molecule has 0 N–H and O–H groups in total. The number of hydrogen-bond acceptors (Lipinski definition) is 4. The van der Waals surface area contributed by atoms with Crippen LogP contribution in [0.3, 0.4) is 0 Å². The second kappa shape index (κ2) is 13.7. The Morgan fingerprint density at radius 3 is 1.61 bits per heavy atom. The fraction of sp³-hybridized carbons (Fsp3) is 0.667. The summed E-state index contributed by atoms with van der Waals surface area (Å²) in [6, 6.07) is 0. The first-order valence-corrected chi connectivity index (χ1v) is 12.6. The van der Waals surface area contributed by atoms with Gasteiger partial charge in [0, 0.05) is 0 Å². The van der Waals surface area contributed by atoms with E-state index in [1.165, 1.54) is 12.2 Å². The molecule has 0 aromatic carbocycles. The van der Waals surface area contributed by atoms with E-state index in [9.17, 15) is 9.59 Å². The van der Waals surface area contributed by atoms with Gasteiger partial charge in [-0.3, -0.25) is 0 Å². The molecule has 0 saturated heterocycles. The van der Waals surface area contributed by atoms with Crippen LogP contribution in [0.15, 0.2) is 12.2 Å². The first-order chi connectivity index (χ1) is 8.70. The molecule has 4 radical (unpaired) electrons. The van der Waals surface area contributed by atoms with Crippen molar-refractivity contribution in [1.82, 2.24) is 0 Å². The third-order valence-electron chi connectivity index (χ3n) is 1.97. The van der Waals surface area contributed by atoms with Crippen LogP contribution < -0.4 is 0 Å². The van der Waals surface area contributed by atoms with Crippen LogP contribution in [0.25, 0.3) is 0 Å². The molecule has 6 heteroatoms. The van der Waals surface area contributed by atoms with E-state index in [1.807, 2.05) is 0 Å². The van der Waals surface area contributed by atoms with E-state index in [4.69, 9.17) is 6.15 Å². The number of unbranched alkanes of at least 4 members (excludes halogenated alkanes) is 2. The van der Waals surface area contributed by atoms with Crippen molar-refractivity contribution >= 4 is 55.1 Å². The van der Waals surface area contributed by atoms with E-state index in [0.29, 0.717) is 0 Å². The van der Waals surface area contributed by atoms with Crippen LogP contribution in [-0.4, -0.2) is 55.1 Å². The summed E-state index contributed by atoms with van der Waals surface area (Å²) in [5.41, 5.74) is 0. The molecular weight excluding hydrogens is 446 g/mol. The number of rotatable bonds is 10. The van der Waals surface area contributed by atoms with Gasteiger partial charge in [-0.25, -0.2) is 0 Å². The number of carbonyl (C=O) groups is 2. The van der Waals surface area contributed by atoms with E-state index in [2.05, 4.69) is 13.8 Å². The fourth-order valence-electron chi connectivity index (χ4n) is 0.946. The summed E-state index contributed by atoms with van der Waals surface area (Å²) >= 11 is -2.04. The Labute approximate surface area is 130 Å². The summed E-state index contributed by atoms with van der Waals surface area (Å²) in [4.78, 5) is 22.5. The van der Waals surface area contributed by atoms with E-state index < -0.39 is 55.1 Å². The van der Waals surface area contributed by atoms with Crippen molar-refractivity contribution in [3.8, 4) is 0 Å². The Bertz CT molecular complexity index is 241. The normalized spacial score (nSPS) is 10.6. The number of hydrogen-bond donors (Lipinski definition) is 0. The minimum atomic E-state index is -1.02. The molecule has 0 aliphatic rings. The van der Waals surface area contributed by atoms with E-state index in [-0.39, 0.29) is 0 Å². The molecule has 0 saturated carbocycles. The van der Waals surface area contributed by atoms with Crippen LogP contribution in [0, 0.1) is 0 Å². The predicted octanol–water partition coefficient (Wildman–Crippen LogP) is 2.30. The molecule has 0 fully saturated rings. The Morgan fingerprint density at radius 2 is 1.28 bits per heavy atom. The van der Waals surface area contributed by atoms with E-state index in [0.717, 1.165) is 34.6 Å². The first-order valence-electron chi connectivity index (χ1n) is 6.26. The maximum atomic E-state index is 11.2. The third kappa shape index (κ3) is 12.7. The molecule has 0 heterocycles. The van der Waals surface area contributed by atoms with Gasteiger partial charge in [0.15, 0.2) is 0 Å². The van der Waals surface area contributed by atoms with Gasteiger partial charge >= 0.3 is 131 Å². The van der Waals surface area contributed by atoms with Crippen molar-refractivity contribution in [2.75, 3.05) is 0 Å². The summed E-state index contributed by atoms with van der Waals surface area (Å²) < 4.78 is 12.2. The molecule has 0 aromatic heterocycles. The van der Waals surface area contributed by atoms with Gasteiger partial charge in [-0.15, -0.1) is 0 Å². The van der Waals surface area contributed by atoms with Gasteiger partial charge in [0.05, 0.1) is 0 Å². The molecule has 0 amide bonds. The van der Waals surface area contributed by atoms with Crippen molar-refractivity contribution < 1.29 is 15.7 Å². The maximum absolute atomic E-state index is 11.2.